The van der Waals surface area contributed by atoms with Crippen LogP contribution in [0.15, 0.2) is 46.7 Å². The summed E-state index contributed by atoms with van der Waals surface area (Å²) in [6.45, 7) is 0.183. The summed E-state index contributed by atoms with van der Waals surface area (Å²) in [6.07, 6.45) is 0.750. The molecule has 0 spiro atoms. The molecule has 0 aliphatic heterocycles. The van der Waals surface area contributed by atoms with Crippen molar-refractivity contribution in [2.24, 2.45) is 0 Å². The van der Waals surface area contributed by atoms with E-state index in [1.165, 1.54) is 10.9 Å². The Morgan fingerprint density at radius 3 is 2.78 bits per heavy atom. The average Bonchev–Trinajstić information content (AvgIpc) is 3.05. The Morgan fingerprint density at radius 1 is 1.22 bits per heavy atom. The summed E-state index contributed by atoms with van der Waals surface area (Å²) in [5, 5.41) is 4.66. The second-order valence-corrected chi connectivity index (χ2v) is 6.61. The maximum absolute atomic E-state index is 13.4. The number of rotatable bonds is 8. The predicted molar refractivity (Wildman–Crippen MR) is 89.1 cm³/mol. The van der Waals surface area contributed by atoms with Crippen molar-refractivity contribution in [1.82, 2.24) is 5.32 Å². The van der Waals surface area contributed by atoms with Gasteiger partial charge in [-0.2, -0.15) is 0 Å². The molecule has 0 unspecified atom stereocenters. The number of thiophene rings is 1. The zero-order valence-corrected chi connectivity index (χ0v) is 13.9. The van der Waals surface area contributed by atoms with Gasteiger partial charge in [0.05, 0.1) is 5.75 Å². The Kier molecular flexibility index (Phi) is 7.09. The first kappa shape index (κ1) is 17.5. The number of halogens is 1. The summed E-state index contributed by atoms with van der Waals surface area (Å²) < 4.78 is 18.2. The van der Waals surface area contributed by atoms with Crippen LogP contribution < -0.4 is 5.32 Å². The molecular formula is C16H16FNO3S2. The number of thioether (sulfide) groups is 1. The minimum Gasteiger partial charge on any atom is -0.455 e. The highest BCUT2D eigenvalue weighted by Crippen LogP contribution is 2.20. The molecular weight excluding hydrogens is 337 g/mol. The van der Waals surface area contributed by atoms with Crippen LogP contribution in [-0.2, 0) is 20.7 Å². The Balaban J connectivity index is 1.60. The molecule has 1 N–H and O–H groups in total. The van der Waals surface area contributed by atoms with Gasteiger partial charge in [0.25, 0.3) is 5.91 Å². The monoisotopic (exact) mass is 353 g/mol. The first-order valence-corrected chi connectivity index (χ1v) is 8.83. The van der Waals surface area contributed by atoms with Crippen LogP contribution in [0.4, 0.5) is 4.39 Å². The second kappa shape index (κ2) is 9.32. The lowest BCUT2D eigenvalue weighted by atomic mass is 10.3. The zero-order chi connectivity index (χ0) is 16.5. The highest BCUT2D eigenvalue weighted by molar-refractivity contribution is 8.00. The third-order valence-corrected chi connectivity index (χ3v) is 4.78. The summed E-state index contributed by atoms with van der Waals surface area (Å²) in [4.78, 5) is 24.7. The number of hydrogen-bond acceptors (Lipinski definition) is 5. The lowest BCUT2D eigenvalue weighted by Crippen LogP contribution is -2.30. The molecule has 0 atom stereocenters. The SMILES string of the molecule is O=C(COC(=O)CSc1ccccc1F)NCCc1cccs1. The fourth-order valence-electron chi connectivity index (χ4n) is 1.72. The van der Waals surface area contributed by atoms with Crippen molar-refractivity contribution < 1.29 is 18.7 Å². The molecule has 23 heavy (non-hydrogen) atoms. The Bertz CT molecular complexity index is 647. The summed E-state index contributed by atoms with van der Waals surface area (Å²) in [6, 6.07) is 10.1. The number of amides is 1. The summed E-state index contributed by atoms with van der Waals surface area (Å²) >= 11 is 2.67. The van der Waals surface area contributed by atoms with Gasteiger partial charge in [0.2, 0.25) is 0 Å². The molecule has 0 aliphatic rings. The lowest BCUT2D eigenvalue weighted by Gasteiger charge is -2.06. The summed E-state index contributed by atoms with van der Waals surface area (Å²) in [7, 11) is 0. The molecule has 0 fully saturated rings. The van der Waals surface area contributed by atoms with Crippen LogP contribution in [0.2, 0.25) is 0 Å². The van der Waals surface area contributed by atoms with Gasteiger partial charge in [0, 0.05) is 16.3 Å². The third kappa shape index (κ3) is 6.42. The van der Waals surface area contributed by atoms with Crippen molar-refractivity contribution in [3.8, 4) is 0 Å². The minimum atomic E-state index is -0.549. The number of esters is 1. The number of carbonyl (C=O) groups is 2. The first-order valence-electron chi connectivity index (χ1n) is 6.97. The molecule has 122 valence electrons. The first-order chi connectivity index (χ1) is 11.1. The molecule has 0 aliphatic carbocycles. The summed E-state index contributed by atoms with van der Waals surface area (Å²) in [5.74, 6) is -1.31. The van der Waals surface area contributed by atoms with Crippen LogP contribution in [0, 0.1) is 5.82 Å². The third-order valence-electron chi connectivity index (χ3n) is 2.82. The van der Waals surface area contributed by atoms with Gasteiger partial charge in [-0.3, -0.25) is 9.59 Å². The van der Waals surface area contributed by atoms with E-state index in [0.717, 1.165) is 18.2 Å². The normalized spacial score (nSPS) is 10.3. The molecule has 0 radical (unpaired) electrons. The standard InChI is InChI=1S/C16H16FNO3S2/c17-13-5-1-2-6-14(13)23-11-16(20)21-10-15(19)18-8-7-12-4-3-9-22-12/h1-6,9H,7-8,10-11H2,(H,18,19). The van der Waals surface area contributed by atoms with Gasteiger partial charge >= 0.3 is 5.97 Å². The van der Waals surface area contributed by atoms with E-state index in [1.54, 1.807) is 29.5 Å². The fraction of sp³-hybridized carbons (Fsp3) is 0.250. The van der Waals surface area contributed by atoms with Crippen molar-refractivity contribution in [3.63, 3.8) is 0 Å². The maximum atomic E-state index is 13.4. The van der Waals surface area contributed by atoms with E-state index in [-0.39, 0.29) is 24.1 Å². The van der Waals surface area contributed by atoms with Gasteiger partial charge in [0.1, 0.15) is 5.82 Å². The molecule has 1 aromatic carbocycles. The van der Waals surface area contributed by atoms with Crippen LogP contribution in [0.5, 0.6) is 0 Å². The van der Waals surface area contributed by atoms with Crippen LogP contribution in [0.25, 0.3) is 0 Å². The van der Waals surface area contributed by atoms with Crippen LogP contribution in [-0.4, -0.2) is 30.8 Å². The highest BCUT2D eigenvalue weighted by Gasteiger charge is 2.09. The quantitative estimate of drug-likeness (QED) is 0.586. The van der Waals surface area contributed by atoms with E-state index >= 15 is 0 Å². The van der Waals surface area contributed by atoms with Crippen LogP contribution in [0.1, 0.15) is 4.88 Å². The Labute approximate surface area is 142 Å². The van der Waals surface area contributed by atoms with Gasteiger partial charge < -0.3 is 10.1 Å². The van der Waals surface area contributed by atoms with E-state index in [9.17, 15) is 14.0 Å². The molecule has 1 heterocycles. The molecule has 0 saturated carbocycles. The van der Waals surface area contributed by atoms with Gasteiger partial charge in [-0.05, 0) is 30.0 Å². The Hall–Kier alpha value is -1.86. The van der Waals surface area contributed by atoms with E-state index < -0.39 is 5.97 Å². The van der Waals surface area contributed by atoms with Crippen molar-refractivity contribution in [2.75, 3.05) is 18.9 Å². The molecule has 1 amide bonds. The Morgan fingerprint density at radius 2 is 2.04 bits per heavy atom. The average molecular weight is 353 g/mol. The van der Waals surface area contributed by atoms with Gasteiger partial charge in [-0.25, -0.2) is 4.39 Å². The fourth-order valence-corrected chi connectivity index (χ4v) is 3.16. The maximum Gasteiger partial charge on any atom is 0.316 e. The van der Waals surface area contributed by atoms with Crippen molar-refractivity contribution in [3.05, 3.63) is 52.5 Å². The van der Waals surface area contributed by atoms with Crippen LogP contribution >= 0.6 is 23.1 Å². The lowest BCUT2D eigenvalue weighted by molar-refractivity contribution is -0.145. The molecule has 7 heteroatoms. The number of hydrogen-bond donors (Lipinski definition) is 1. The smallest absolute Gasteiger partial charge is 0.316 e. The van der Waals surface area contributed by atoms with E-state index in [2.05, 4.69) is 5.32 Å². The van der Waals surface area contributed by atoms with Crippen molar-refractivity contribution in [2.45, 2.75) is 11.3 Å². The summed E-state index contributed by atoms with van der Waals surface area (Å²) in [5.41, 5.74) is 0. The zero-order valence-electron chi connectivity index (χ0n) is 12.3. The highest BCUT2D eigenvalue weighted by atomic mass is 32.2. The van der Waals surface area contributed by atoms with E-state index in [4.69, 9.17) is 4.74 Å². The molecule has 2 aromatic rings. The molecule has 4 nitrogen and oxygen atoms in total. The second-order valence-electron chi connectivity index (χ2n) is 4.56. The van der Waals surface area contributed by atoms with E-state index in [1.807, 2.05) is 17.5 Å². The minimum absolute atomic E-state index is 0.0383. The van der Waals surface area contributed by atoms with Crippen molar-refractivity contribution >= 4 is 35.0 Å². The number of carbonyl (C=O) groups excluding carboxylic acids is 2. The number of nitrogens with one attached hydrogen (secondary N) is 1. The van der Waals surface area contributed by atoms with E-state index in [0.29, 0.717) is 11.4 Å². The van der Waals surface area contributed by atoms with Gasteiger partial charge in [-0.15, -0.1) is 23.1 Å². The van der Waals surface area contributed by atoms with Crippen molar-refractivity contribution in [1.29, 1.82) is 0 Å². The van der Waals surface area contributed by atoms with Gasteiger partial charge in [-0.1, -0.05) is 18.2 Å². The predicted octanol–water partition coefficient (Wildman–Crippen LogP) is 2.88. The molecule has 1 aromatic heterocycles. The molecule has 0 bridgehead atoms. The largest absolute Gasteiger partial charge is 0.455 e. The molecule has 2 rings (SSSR count). The number of benzene rings is 1. The van der Waals surface area contributed by atoms with Gasteiger partial charge in [0.15, 0.2) is 6.61 Å². The van der Waals surface area contributed by atoms with Crippen LogP contribution in [0.3, 0.4) is 0 Å². The molecule has 0 saturated heterocycles. The topological polar surface area (TPSA) is 55.4 Å². The number of ether oxygens (including phenoxy) is 1.